The van der Waals surface area contributed by atoms with Crippen LogP contribution in [0.5, 0.6) is 0 Å². The van der Waals surface area contributed by atoms with Gasteiger partial charge in [-0.15, -0.1) is 0 Å². The van der Waals surface area contributed by atoms with Crippen molar-refractivity contribution in [2.24, 2.45) is 16.5 Å². The third-order valence-corrected chi connectivity index (χ3v) is 5.69. The molecule has 21 heavy (non-hydrogen) atoms. The number of nitrogens with one attached hydrogen (secondary N) is 1. The molecule has 0 saturated heterocycles. The van der Waals surface area contributed by atoms with Crippen LogP contribution in [0.1, 0.15) is 30.6 Å². The van der Waals surface area contributed by atoms with Crippen molar-refractivity contribution in [3.8, 4) is 0 Å². The van der Waals surface area contributed by atoms with Crippen LogP contribution in [-0.4, -0.2) is 20.9 Å². The van der Waals surface area contributed by atoms with Gasteiger partial charge in [0.2, 0.25) is 10.0 Å². The normalized spacial score (nSPS) is 20.1. The number of amides is 1. The Labute approximate surface area is 137 Å². The Morgan fingerprint density at radius 1 is 1.52 bits per heavy atom. The van der Waals surface area contributed by atoms with E-state index in [9.17, 15) is 13.2 Å². The first-order chi connectivity index (χ1) is 9.52. The Bertz CT molecular complexity index is 704. The molecule has 1 aromatic rings. The lowest BCUT2D eigenvalue weighted by Gasteiger charge is -2.11. The molecule has 0 aromatic heterocycles. The van der Waals surface area contributed by atoms with Gasteiger partial charge in [-0.3, -0.25) is 4.79 Å². The second-order valence-electron chi connectivity index (χ2n) is 5.91. The first-order valence-electron chi connectivity index (χ1n) is 6.32. The SMILES string of the molecule is CC1(C)CC1CNC(=O)c1cc(Br)cc(S(N)(=O)=O)c1Cl. The Morgan fingerprint density at radius 3 is 2.57 bits per heavy atom. The fourth-order valence-electron chi connectivity index (χ4n) is 2.17. The summed E-state index contributed by atoms with van der Waals surface area (Å²) >= 11 is 9.17. The third-order valence-electron chi connectivity index (χ3n) is 3.78. The monoisotopic (exact) mass is 394 g/mol. The highest BCUT2D eigenvalue weighted by Crippen LogP contribution is 2.51. The van der Waals surface area contributed by atoms with Crippen molar-refractivity contribution in [3.05, 3.63) is 27.2 Å². The minimum atomic E-state index is -3.99. The fourth-order valence-corrected chi connectivity index (χ4v) is 3.95. The lowest BCUT2D eigenvalue weighted by molar-refractivity contribution is 0.0950. The van der Waals surface area contributed by atoms with Gasteiger partial charge < -0.3 is 5.32 Å². The zero-order valence-corrected chi connectivity index (χ0v) is 14.8. The van der Waals surface area contributed by atoms with Crippen molar-refractivity contribution in [1.29, 1.82) is 0 Å². The van der Waals surface area contributed by atoms with Gasteiger partial charge in [0, 0.05) is 11.0 Å². The Balaban J connectivity index is 2.23. The van der Waals surface area contributed by atoms with E-state index in [1.807, 2.05) is 0 Å². The van der Waals surface area contributed by atoms with Crippen molar-refractivity contribution < 1.29 is 13.2 Å². The van der Waals surface area contributed by atoms with Crippen LogP contribution in [0.25, 0.3) is 0 Å². The molecule has 0 bridgehead atoms. The van der Waals surface area contributed by atoms with Crippen LogP contribution in [0.15, 0.2) is 21.5 Å². The highest BCUT2D eigenvalue weighted by atomic mass is 79.9. The minimum absolute atomic E-state index is 0.0912. The maximum absolute atomic E-state index is 12.2. The molecule has 116 valence electrons. The second kappa shape index (κ2) is 5.53. The summed E-state index contributed by atoms with van der Waals surface area (Å²) < 4.78 is 23.4. The molecule has 1 aromatic carbocycles. The van der Waals surface area contributed by atoms with Crippen LogP contribution in [0, 0.1) is 11.3 Å². The smallest absolute Gasteiger partial charge is 0.252 e. The van der Waals surface area contributed by atoms with E-state index in [0.717, 1.165) is 6.42 Å². The van der Waals surface area contributed by atoms with Gasteiger partial charge in [-0.1, -0.05) is 41.4 Å². The lowest BCUT2D eigenvalue weighted by atomic mass is 10.1. The zero-order chi connectivity index (χ0) is 16.0. The molecule has 0 heterocycles. The van der Waals surface area contributed by atoms with Crippen LogP contribution in [0.3, 0.4) is 0 Å². The third kappa shape index (κ3) is 3.77. The summed E-state index contributed by atoms with van der Waals surface area (Å²) in [5, 5.41) is 7.72. The summed E-state index contributed by atoms with van der Waals surface area (Å²) in [7, 11) is -3.99. The van der Waals surface area contributed by atoms with Crippen molar-refractivity contribution in [1.82, 2.24) is 5.32 Å². The Morgan fingerprint density at radius 2 is 2.10 bits per heavy atom. The molecule has 8 heteroatoms. The predicted molar refractivity (Wildman–Crippen MR) is 84.7 cm³/mol. The zero-order valence-electron chi connectivity index (χ0n) is 11.6. The molecular formula is C13H16BrClN2O3S. The van der Waals surface area contributed by atoms with Gasteiger partial charge in [0.15, 0.2) is 0 Å². The average molecular weight is 396 g/mol. The molecule has 1 unspecified atom stereocenters. The van der Waals surface area contributed by atoms with Crippen LogP contribution in [-0.2, 0) is 10.0 Å². The predicted octanol–water partition coefficient (Wildman–Crippen LogP) is 2.53. The molecule has 1 aliphatic rings. The molecule has 0 spiro atoms. The summed E-state index contributed by atoms with van der Waals surface area (Å²) in [6.45, 7) is 4.81. The molecule has 5 nitrogen and oxygen atoms in total. The number of benzene rings is 1. The van der Waals surface area contributed by atoms with E-state index in [1.165, 1.54) is 12.1 Å². The first kappa shape index (κ1) is 16.7. The van der Waals surface area contributed by atoms with Gasteiger partial charge in [-0.25, -0.2) is 13.6 Å². The Kier molecular flexibility index (Phi) is 4.41. The number of hydrogen-bond donors (Lipinski definition) is 2. The van der Waals surface area contributed by atoms with Crippen molar-refractivity contribution >= 4 is 43.5 Å². The lowest BCUT2D eigenvalue weighted by Crippen LogP contribution is -2.27. The molecular weight excluding hydrogens is 380 g/mol. The number of sulfonamides is 1. The van der Waals surface area contributed by atoms with Gasteiger partial charge in [0.1, 0.15) is 4.90 Å². The summed E-state index contributed by atoms with van der Waals surface area (Å²) in [4.78, 5) is 11.9. The van der Waals surface area contributed by atoms with E-state index in [2.05, 4.69) is 35.1 Å². The standard InChI is InChI=1S/C13H16BrClN2O3S/c1-13(2)5-7(13)6-17-12(18)9-3-8(14)4-10(11(9)15)21(16,19)20/h3-4,7H,5-6H2,1-2H3,(H,17,18)(H2,16,19,20). The van der Waals surface area contributed by atoms with Gasteiger partial charge in [0.25, 0.3) is 5.91 Å². The quantitative estimate of drug-likeness (QED) is 0.821. The first-order valence-corrected chi connectivity index (χ1v) is 9.04. The average Bonchev–Trinajstić information content (AvgIpc) is 2.95. The highest BCUT2D eigenvalue weighted by Gasteiger charge is 2.45. The van der Waals surface area contributed by atoms with Crippen LogP contribution < -0.4 is 10.5 Å². The van der Waals surface area contributed by atoms with E-state index < -0.39 is 15.9 Å². The van der Waals surface area contributed by atoms with Crippen LogP contribution in [0.2, 0.25) is 5.02 Å². The molecule has 3 N–H and O–H groups in total. The van der Waals surface area contributed by atoms with E-state index in [4.69, 9.17) is 16.7 Å². The maximum Gasteiger partial charge on any atom is 0.252 e. The van der Waals surface area contributed by atoms with Gasteiger partial charge in [-0.2, -0.15) is 0 Å². The van der Waals surface area contributed by atoms with Crippen molar-refractivity contribution in [2.75, 3.05) is 6.54 Å². The summed E-state index contributed by atoms with van der Waals surface area (Å²) in [6, 6.07) is 2.75. The number of primary sulfonamides is 1. The number of hydrogen-bond acceptors (Lipinski definition) is 3. The van der Waals surface area contributed by atoms with E-state index in [0.29, 0.717) is 16.9 Å². The molecule has 1 saturated carbocycles. The van der Waals surface area contributed by atoms with E-state index in [-0.39, 0.29) is 20.9 Å². The molecule has 1 fully saturated rings. The van der Waals surface area contributed by atoms with Gasteiger partial charge in [0.05, 0.1) is 10.6 Å². The van der Waals surface area contributed by atoms with E-state index in [1.54, 1.807) is 0 Å². The largest absolute Gasteiger partial charge is 0.352 e. The van der Waals surface area contributed by atoms with Crippen LogP contribution >= 0.6 is 27.5 Å². The van der Waals surface area contributed by atoms with E-state index >= 15 is 0 Å². The number of carbonyl (C=O) groups is 1. The summed E-state index contributed by atoms with van der Waals surface area (Å²) in [5.74, 6) is 0.0268. The Hall–Kier alpha value is -0.630. The molecule has 1 amide bonds. The molecule has 1 aliphatic carbocycles. The van der Waals surface area contributed by atoms with Gasteiger partial charge in [-0.05, 0) is 29.9 Å². The maximum atomic E-state index is 12.2. The van der Waals surface area contributed by atoms with Crippen molar-refractivity contribution in [3.63, 3.8) is 0 Å². The molecule has 0 aliphatic heterocycles. The van der Waals surface area contributed by atoms with Crippen molar-refractivity contribution in [2.45, 2.75) is 25.2 Å². The minimum Gasteiger partial charge on any atom is -0.352 e. The fraction of sp³-hybridized carbons (Fsp3) is 0.462. The molecule has 2 rings (SSSR count). The summed E-state index contributed by atoms with van der Waals surface area (Å²) in [5.41, 5.74) is 0.341. The highest BCUT2D eigenvalue weighted by molar-refractivity contribution is 9.10. The second-order valence-corrected chi connectivity index (χ2v) is 8.73. The summed E-state index contributed by atoms with van der Waals surface area (Å²) in [6.07, 6.45) is 1.06. The number of nitrogens with two attached hydrogens (primary N) is 1. The number of rotatable bonds is 4. The van der Waals surface area contributed by atoms with Gasteiger partial charge >= 0.3 is 0 Å². The molecule has 1 atom stereocenters. The van der Waals surface area contributed by atoms with Crippen LogP contribution in [0.4, 0.5) is 0 Å². The topological polar surface area (TPSA) is 89.3 Å². The number of carbonyl (C=O) groups excluding carboxylic acids is 1. The number of halogens is 2. The molecule has 0 radical (unpaired) electrons.